The number of aromatic nitrogens is 2. The summed E-state index contributed by atoms with van der Waals surface area (Å²) in [5, 5.41) is -0.151. The van der Waals surface area contributed by atoms with Gasteiger partial charge in [-0.25, -0.2) is 4.98 Å². The largest absolute Gasteiger partial charge is 0.326 e. The average Bonchev–Trinajstić information content (AvgIpc) is 2.76. The van der Waals surface area contributed by atoms with Crippen molar-refractivity contribution >= 4 is 33.4 Å². The predicted molar refractivity (Wildman–Crippen MR) is 82.3 cm³/mol. The highest BCUT2D eigenvalue weighted by atomic mass is 35.5. The van der Waals surface area contributed by atoms with Crippen LogP contribution in [0.3, 0.4) is 0 Å². The van der Waals surface area contributed by atoms with Gasteiger partial charge in [-0.15, -0.1) is 11.6 Å². The number of alkyl halides is 1. The molecule has 104 valence electrons. The molecule has 5 heteroatoms. The molecule has 0 bridgehead atoms. The smallest absolute Gasteiger partial charge is 0.127 e. The van der Waals surface area contributed by atoms with E-state index in [1.807, 2.05) is 26.0 Å². The lowest BCUT2D eigenvalue weighted by atomic mass is 10.2. The second-order valence-electron chi connectivity index (χ2n) is 4.61. The number of nitrogens with zero attached hydrogens (tertiary/aromatic N) is 2. The fraction of sp³-hybridized carbons (Fsp3) is 0.500. The maximum Gasteiger partial charge on any atom is 0.127 e. The van der Waals surface area contributed by atoms with Crippen LogP contribution in [0.1, 0.15) is 30.6 Å². The molecule has 1 aromatic carbocycles. The zero-order valence-electron chi connectivity index (χ0n) is 11.5. The van der Waals surface area contributed by atoms with Crippen molar-refractivity contribution in [2.24, 2.45) is 0 Å². The Morgan fingerprint density at radius 1 is 1.47 bits per heavy atom. The molecule has 2 atom stereocenters. The first kappa shape index (κ1) is 14.5. The highest BCUT2D eigenvalue weighted by Gasteiger charge is 2.16. The second kappa shape index (κ2) is 6.06. The van der Waals surface area contributed by atoms with E-state index < -0.39 is 10.8 Å². The number of halogens is 1. The van der Waals surface area contributed by atoms with Gasteiger partial charge >= 0.3 is 0 Å². The molecule has 0 N–H and O–H groups in total. The minimum Gasteiger partial charge on any atom is -0.326 e. The van der Waals surface area contributed by atoms with E-state index in [0.29, 0.717) is 18.1 Å². The molecule has 3 nitrogen and oxygen atoms in total. The molecule has 2 unspecified atom stereocenters. The summed E-state index contributed by atoms with van der Waals surface area (Å²) in [7, 11) is -0.774. The third kappa shape index (κ3) is 3.00. The van der Waals surface area contributed by atoms with Gasteiger partial charge < -0.3 is 4.57 Å². The van der Waals surface area contributed by atoms with Gasteiger partial charge in [0.25, 0.3) is 0 Å². The van der Waals surface area contributed by atoms with Gasteiger partial charge in [0.15, 0.2) is 0 Å². The van der Waals surface area contributed by atoms with Crippen molar-refractivity contribution in [3.05, 3.63) is 29.6 Å². The van der Waals surface area contributed by atoms with Gasteiger partial charge in [-0.2, -0.15) is 0 Å². The summed E-state index contributed by atoms with van der Waals surface area (Å²) in [5.41, 5.74) is 3.25. The molecule has 1 aromatic heterocycles. The number of hydrogen-bond acceptors (Lipinski definition) is 2. The minimum atomic E-state index is -0.774. The zero-order chi connectivity index (χ0) is 14.0. The fourth-order valence-corrected chi connectivity index (χ4v) is 3.09. The number of para-hydroxylation sites is 1. The molecule has 0 fully saturated rings. The van der Waals surface area contributed by atoms with Crippen LogP contribution in [0.2, 0.25) is 0 Å². The zero-order valence-corrected chi connectivity index (χ0v) is 13.1. The molecule has 19 heavy (non-hydrogen) atoms. The van der Waals surface area contributed by atoms with Crippen LogP contribution in [0.4, 0.5) is 0 Å². The van der Waals surface area contributed by atoms with Gasteiger partial charge in [-0.05, 0) is 25.5 Å². The number of imidazole rings is 1. The molecule has 0 amide bonds. The van der Waals surface area contributed by atoms with E-state index in [9.17, 15) is 4.21 Å². The molecule has 0 aliphatic rings. The number of aryl methyl sites for hydroxylation is 2. The highest BCUT2D eigenvalue weighted by Crippen LogP contribution is 2.26. The molecular weight excluding hydrogens is 280 g/mol. The SMILES string of the molecule is CCS(=O)CCn1c(C(C)Cl)nc2cccc(C)c21. The molecule has 0 radical (unpaired) electrons. The average molecular weight is 299 g/mol. The first-order valence-electron chi connectivity index (χ1n) is 6.49. The van der Waals surface area contributed by atoms with E-state index in [1.165, 1.54) is 5.56 Å². The first-order chi connectivity index (χ1) is 9.04. The third-order valence-electron chi connectivity index (χ3n) is 3.22. The van der Waals surface area contributed by atoms with Crippen LogP contribution in [-0.2, 0) is 17.3 Å². The lowest BCUT2D eigenvalue weighted by molar-refractivity contribution is 0.669. The second-order valence-corrected chi connectivity index (χ2v) is 7.13. The third-order valence-corrected chi connectivity index (χ3v) is 4.70. The molecule has 0 aliphatic heterocycles. The van der Waals surface area contributed by atoms with Crippen LogP contribution in [0.5, 0.6) is 0 Å². The van der Waals surface area contributed by atoms with Gasteiger partial charge in [0, 0.05) is 28.9 Å². The van der Waals surface area contributed by atoms with Crippen LogP contribution < -0.4 is 0 Å². The number of hydrogen-bond donors (Lipinski definition) is 0. The van der Waals surface area contributed by atoms with E-state index in [2.05, 4.69) is 22.5 Å². The van der Waals surface area contributed by atoms with Crippen LogP contribution in [-0.4, -0.2) is 25.3 Å². The lowest BCUT2D eigenvalue weighted by Gasteiger charge is -2.11. The van der Waals surface area contributed by atoms with Crippen LogP contribution in [0, 0.1) is 6.92 Å². The summed E-state index contributed by atoms with van der Waals surface area (Å²) in [6, 6.07) is 6.07. The van der Waals surface area contributed by atoms with Crippen molar-refractivity contribution in [1.82, 2.24) is 9.55 Å². The Hall–Kier alpha value is -0.870. The maximum absolute atomic E-state index is 11.7. The Labute approximate surface area is 121 Å². The molecule has 2 aromatic rings. The molecular formula is C14H19ClN2OS. The molecule has 0 aliphatic carbocycles. The molecule has 1 heterocycles. The van der Waals surface area contributed by atoms with Crippen molar-refractivity contribution in [3.63, 3.8) is 0 Å². The molecule has 0 saturated heterocycles. The Morgan fingerprint density at radius 3 is 2.84 bits per heavy atom. The van der Waals surface area contributed by atoms with E-state index in [-0.39, 0.29) is 5.38 Å². The predicted octanol–water partition coefficient (Wildman–Crippen LogP) is 3.41. The van der Waals surface area contributed by atoms with Crippen molar-refractivity contribution < 1.29 is 4.21 Å². The van der Waals surface area contributed by atoms with Crippen molar-refractivity contribution in [2.75, 3.05) is 11.5 Å². The summed E-state index contributed by atoms with van der Waals surface area (Å²) in [6.07, 6.45) is 0. The van der Waals surface area contributed by atoms with Gasteiger partial charge in [0.2, 0.25) is 0 Å². The topological polar surface area (TPSA) is 34.9 Å². The summed E-state index contributed by atoms with van der Waals surface area (Å²) in [6.45, 7) is 6.64. The van der Waals surface area contributed by atoms with Gasteiger partial charge in [-0.3, -0.25) is 4.21 Å². The van der Waals surface area contributed by atoms with E-state index in [1.54, 1.807) is 0 Å². The van der Waals surface area contributed by atoms with Crippen LogP contribution in [0.25, 0.3) is 11.0 Å². The lowest BCUT2D eigenvalue weighted by Crippen LogP contribution is -2.12. The van der Waals surface area contributed by atoms with Crippen LogP contribution in [0.15, 0.2) is 18.2 Å². The van der Waals surface area contributed by atoms with Crippen molar-refractivity contribution in [3.8, 4) is 0 Å². The summed E-state index contributed by atoms with van der Waals surface area (Å²) in [4.78, 5) is 4.61. The number of fused-ring (bicyclic) bond motifs is 1. The Bertz CT molecular complexity index is 607. The normalized spacial score (nSPS) is 14.7. The van der Waals surface area contributed by atoms with Gasteiger partial charge in [-0.1, -0.05) is 19.1 Å². The van der Waals surface area contributed by atoms with E-state index in [0.717, 1.165) is 16.9 Å². The standard InChI is InChI=1S/C14H19ClN2OS/c1-4-19(18)9-8-17-13-10(2)6-5-7-12(13)16-14(17)11(3)15/h5-7,11H,4,8-9H2,1-3H3. The fourth-order valence-electron chi connectivity index (χ4n) is 2.25. The van der Waals surface area contributed by atoms with Crippen molar-refractivity contribution in [1.29, 1.82) is 0 Å². The summed E-state index contributed by atoms with van der Waals surface area (Å²) >= 11 is 6.22. The monoisotopic (exact) mass is 298 g/mol. The Kier molecular flexibility index (Phi) is 4.63. The van der Waals surface area contributed by atoms with E-state index in [4.69, 9.17) is 11.6 Å². The first-order valence-corrected chi connectivity index (χ1v) is 8.41. The summed E-state index contributed by atoms with van der Waals surface area (Å²) in [5.74, 6) is 2.20. The molecule has 0 saturated carbocycles. The quantitative estimate of drug-likeness (QED) is 0.793. The molecule has 0 spiro atoms. The number of rotatable bonds is 5. The molecule has 2 rings (SSSR count). The van der Waals surface area contributed by atoms with Crippen molar-refractivity contribution in [2.45, 2.75) is 32.7 Å². The Balaban J connectivity index is 2.48. The highest BCUT2D eigenvalue weighted by molar-refractivity contribution is 7.84. The Morgan fingerprint density at radius 2 is 2.21 bits per heavy atom. The number of benzene rings is 1. The summed E-state index contributed by atoms with van der Waals surface area (Å²) < 4.78 is 13.8. The minimum absolute atomic E-state index is 0.151. The van der Waals surface area contributed by atoms with Gasteiger partial charge in [0.05, 0.1) is 16.4 Å². The van der Waals surface area contributed by atoms with Gasteiger partial charge in [0.1, 0.15) is 5.82 Å². The van der Waals surface area contributed by atoms with E-state index >= 15 is 0 Å². The maximum atomic E-state index is 11.7. The van der Waals surface area contributed by atoms with Crippen LogP contribution >= 0.6 is 11.6 Å².